The summed E-state index contributed by atoms with van der Waals surface area (Å²) in [7, 11) is 5.27. The molecule has 224 valence electrons. The zero-order chi connectivity index (χ0) is 29.8. The molecule has 0 radical (unpaired) electrons. The summed E-state index contributed by atoms with van der Waals surface area (Å²) >= 11 is 0. The Hall–Kier alpha value is -3.52. The number of carbonyl (C=O) groups is 2. The molecule has 0 bridgehead atoms. The maximum Gasteiger partial charge on any atom is 0.250 e. The molecule has 2 aromatic carbocycles. The summed E-state index contributed by atoms with van der Waals surface area (Å²) in [6.07, 6.45) is 3.55. The number of H-pyrrole nitrogens is 1. The average molecular weight is 573 g/mol. The van der Waals surface area contributed by atoms with Crippen molar-refractivity contribution in [1.29, 1.82) is 0 Å². The van der Waals surface area contributed by atoms with Gasteiger partial charge < -0.3 is 29.6 Å². The first-order valence-corrected chi connectivity index (χ1v) is 15.2. The molecule has 2 saturated carbocycles. The van der Waals surface area contributed by atoms with Gasteiger partial charge in [0.2, 0.25) is 5.91 Å². The Morgan fingerprint density at radius 3 is 2.45 bits per heavy atom. The van der Waals surface area contributed by atoms with Gasteiger partial charge in [0, 0.05) is 48.2 Å². The number of nitrogens with one attached hydrogen (secondary N) is 2. The molecule has 2 aliphatic carbocycles. The normalized spacial score (nSPS) is 22.9. The molecule has 1 aliphatic heterocycles. The summed E-state index contributed by atoms with van der Waals surface area (Å²) in [5, 5.41) is 4.42. The predicted molar refractivity (Wildman–Crippen MR) is 165 cm³/mol. The fraction of sp³-hybridized carbons (Fsp3) is 0.529. The number of fused-ring (bicyclic) bond motifs is 1. The zero-order valence-corrected chi connectivity index (χ0v) is 25.8. The molecule has 6 rings (SSSR count). The number of anilines is 1. The van der Waals surface area contributed by atoms with Crippen LogP contribution in [0, 0.1) is 18.3 Å². The highest BCUT2D eigenvalue weighted by atomic mass is 16.5. The summed E-state index contributed by atoms with van der Waals surface area (Å²) in [6.45, 7) is 8.23. The van der Waals surface area contributed by atoms with Crippen LogP contribution in [0.4, 0.5) is 5.69 Å². The molecule has 2 N–H and O–H groups in total. The van der Waals surface area contributed by atoms with E-state index in [1.54, 1.807) is 20.3 Å². The fourth-order valence-corrected chi connectivity index (χ4v) is 7.51. The Balaban J connectivity index is 1.29. The first kappa shape index (κ1) is 28.6. The summed E-state index contributed by atoms with van der Waals surface area (Å²) in [5.74, 6) is 1.68. The molecule has 1 saturated heterocycles. The molecule has 2 heterocycles. The van der Waals surface area contributed by atoms with Crippen molar-refractivity contribution >= 4 is 28.4 Å². The van der Waals surface area contributed by atoms with E-state index in [1.807, 2.05) is 17.0 Å². The maximum absolute atomic E-state index is 14.5. The Labute approximate surface area is 248 Å². The van der Waals surface area contributed by atoms with Gasteiger partial charge in [0.25, 0.3) is 5.91 Å². The van der Waals surface area contributed by atoms with Crippen molar-refractivity contribution in [2.45, 2.75) is 70.4 Å². The molecule has 2 amide bonds. The molecule has 1 aromatic heterocycles. The number of nitrogens with zero attached hydrogens (tertiary/aromatic N) is 2. The highest BCUT2D eigenvalue weighted by molar-refractivity contribution is 6.02. The van der Waals surface area contributed by atoms with E-state index in [-0.39, 0.29) is 29.2 Å². The molecule has 3 fully saturated rings. The van der Waals surface area contributed by atoms with Gasteiger partial charge in [0.05, 0.1) is 19.9 Å². The van der Waals surface area contributed by atoms with Crippen molar-refractivity contribution in [3.05, 3.63) is 53.7 Å². The first-order chi connectivity index (χ1) is 20.1. The largest absolute Gasteiger partial charge is 0.497 e. The average Bonchev–Trinajstić information content (AvgIpc) is 3.86. The van der Waals surface area contributed by atoms with Crippen LogP contribution in [0.25, 0.3) is 10.9 Å². The monoisotopic (exact) mass is 572 g/mol. The minimum atomic E-state index is -0.902. The lowest BCUT2D eigenvalue weighted by molar-refractivity contribution is -0.150. The van der Waals surface area contributed by atoms with Crippen molar-refractivity contribution in [3.8, 4) is 11.5 Å². The first-order valence-electron chi connectivity index (χ1n) is 15.2. The van der Waals surface area contributed by atoms with Crippen LogP contribution in [0.3, 0.4) is 0 Å². The van der Waals surface area contributed by atoms with Gasteiger partial charge in [-0.1, -0.05) is 32.0 Å². The van der Waals surface area contributed by atoms with Crippen LogP contribution in [0.5, 0.6) is 11.5 Å². The maximum atomic E-state index is 14.5. The Morgan fingerprint density at radius 1 is 1.07 bits per heavy atom. The smallest absolute Gasteiger partial charge is 0.250 e. The number of aryl methyl sites for hydroxylation is 1. The summed E-state index contributed by atoms with van der Waals surface area (Å²) in [4.78, 5) is 36.6. The van der Waals surface area contributed by atoms with Gasteiger partial charge >= 0.3 is 0 Å². The molecule has 8 nitrogen and oxygen atoms in total. The standard InChI is InChI=1S/C34H44N4O4/c1-21-30(24-9-7-8-10-26(24)35-21)31-25(33(31,2)3)20-29(39)38(22-11-12-22)34(15-17-37(4)18-16-34)32(40)36-27-14-13-23(41-5)19-28(27)42-6/h7-10,13-14,19,22,25,31,35H,11-12,15-18,20H2,1-6H3,(H,36,40)/t25-,31+/m1/s1. The third-order valence-electron chi connectivity index (χ3n) is 10.2. The summed E-state index contributed by atoms with van der Waals surface area (Å²) < 4.78 is 10.9. The second-order valence-corrected chi connectivity index (χ2v) is 13.2. The van der Waals surface area contributed by atoms with E-state index < -0.39 is 5.54 Å². The van der Waals surface area contributed by atoms with Crippen LogP contribution in [0.2, 0.25) is 0 Å². The lowest BCUT2D eigenvalue weighted by Crippen LogP contribution is -2.64. The molecular formula is C34H44N4O4. The van der Waals surface area contributed by atoms with Crippen LogP contribution in [0.1, 0.15) is 63.1 Å². The lowest BCUT2D eigenvalue weighted by Gasteiger charge is -2.47. The van der Waals surface area contributed by atoms with E-state index in [4.69, 9.17) is 9.47 Å². The third kappa shape index (κ3) is 4.83. The number of benzene rings is 2. The number of carbonyl (C=O) groups excluding carboxylic acids is 2. The molecule has 3 aromatic rings. The highest BCUT2D eigenvalue weighted by Gasteiger charge is 2.61. The summed E-state index contributed by atoms with van der Waals surface area (Å²) in [5.41, 5.74) is 3.35. The number of rotatable bonds is 9. The number of aromatic nitrogens is 1. The van der Waals surface area contributed by atoms with Gasteiger partial charge in [-0.15, -0.1) is 0 Å². The van der Waals surface area contributed by atoms with E-state index in [1.165, 1.54) is 16.6 Å². The number of likely N-dealkylation sites (tertiary alicyclic amines) is 1. The molecule has 3 aliphatic rings. The quantitative estimate of drug-likeness (QED) is 0.343. The second-order valence-electron chi connectivity index (χ2n) is 13.2. The van der Waals surface area contributed by atoms with Crippen molar-refractivity contribution in [3.63, 3.8) is 0 Å². The molecule has 2 atom stereocenters. The lowest BCUT2D eigenvalue weighted by atomic mass is 9.83. The number of piperidine rings is 1. The van der Waals surface area contributed by atoms with Gasteiger partial charge in [-0.05, 0) is 80.7 Å². The topological polar surface area (TPSA) is 86.9 Å². The number of methoxy groups -OCH3 is 2. The predicted octanol–water partition coefficient (Wildman–Crippen LogP) is 5.72. The Bertz CT molecular complexity index is 1500. The van der Waals surface area contributed by atoms with Gasteiger partial charge in [-0.3, -0.25) is 9.59 Å². The fourth-order valence-electron chi connectivity index (χ4n) is 7.51. The van der Waals surface area contributed by atoms with Crippen LogP contribution in [-0.2, 0) is 9.59 Å². The van der Waals surface area contributed by atoms with Gasteiger partial charge in [0.15, 0.2) is 0 Å². The third-order valence-corrected chi connectivity index (χ3v) is 10.2. The van der Waals surface area contributed by atoms with Gasteiger partial charge in [-0.2, -0.15) is 0 Å². The van der Waals surface area contributed by atoms with E-state index in [2.05, 4.69) is 67.3 Å². The number of para-hydroxylation sites is 1. The molecular weight excluding hydrogens is 528 g/mol. The van der Waals surface area contributed by atoms with Crippen molar-refractivity contribution in [2.75, 3.05) is 39.7 Å². The van der Waals surface area contributed by atoms with Crippen molar-refractivity contribution < 1.29 is 19.1 Å². The second kappa shape index (κ2) is 10.6. The highest BCUT2D eigenvalue weighted by Crippen LogP contribution is 2.67. The number of ether oxygens (including phenoxy) is 2. The number of amides is 2. The zero-order valence-electron chi connectivity index (χ0n) is 25.8. The Kier molecular flexibility index (Phi) is 7.24. The summed E-state index contributed by atoms with van der Waals surface area (Å²) in [6, 6.07) is 13.9. The van der Waals surface area contributed by atoms with Crippen LogP contribution in [-0.4, -0.2) is 72.5 Å². The van der Waals surface area contributed by atoms with Gasteiger partial charge in [-0.25, -0.2) is 0 Å². The number of aromatic amines is 1. The van der Waals surface area contributed by atoms with E-state index in [0.29, 0.717) is 42.4 Å². The number of hydrogen-bond acceptors (Lipinski definition) is 5. The molecule has 0 spiro atoms. The van der Waals surface area contributed by atoms with Gasteiger partial charge in [0.1, 0.15) is 17.0 Å². The minimum Gasteiger partial charge on any atom is -0.497 e. The number of hydrogen-bond donors (Lipinski definition) is 2. The van der Waals surface area contributed by atoms with E-state index >= 15 is 0 Å². The SMILES string of the molecule is COc1ccc(NC(=O)C2(N(C(=O)C[C@@H]3[C@@H](c4c(C)[nH]c5ccccc45)C3(C)C)C3CC3)CCN(C)CC2)c(OC)c1. The van der Waals surface area contributed by atoms with Crippen LogP contribution >= 0.6 is 0 Å². The van der Waals surface area contributed by atoms with Crippen molar-refractivity contribution in [1.82, 2.24) is 14.8 Å². The van der Waals surface area contributed by atoms with E-state index in [9.17, 15) is 9.59 Å². The molecule has 8 heteroatoms. The Morgan fingerprint density at radius 2 is 1.79 bits per heavy atom. The van der Waals surface area contributed by atoms with E-state index in [0.717, 1.165) is 31.4 Å². The molecule has 0 unspecified atom stereocenters. The van der Waals surface area contributed by atoms with Crippen LogP contribution < -0.4 is 14.8 Å². The van der Waals surface area contributed by atoms with Crippen molar-refractivity contribution in [2.24, 2.45) is 11.3 Å². The van der Waals surface area contributed by atoms with Crippen LogP contribution in [0.15, 0.2) is 42.5 Å². The minimum absolute atomic E-state index is 0.000723. The molecule has 42 heavy (non-hydrogen) atoms.